The Hall–Kier alpha value is -2.07. The molecule has 0 radical (unpaired) electrons. The van der Waals surface area contributed by atoms with Crippen LogP contribution in [0.2, 0.25) is 0 Å². The SMILES string of the molecule is CC(C)c1cc2c(C(C)C)cc(C(C)C)c3cc(C(C)C)c4c(c1C([NH+](O)O)[C+](C(C)C)C=4)c23. The zero-order chi connectivity index (χ0) is 25.2. The van der Waals surface area contributed by atoms with Crippen molar-refractivity contribution in [2.45, 2.75) is 99.0 Å². The van der Waals surface area contributed by atoms with E-state index in [1.807, 2.05) is 0 Å². The third-order valence-electron chi connectivity index (χ3n) is 7.83. The Kier molecular flexibility index (Phi) is 6.52. The molecule has 0 heterocycles. The first-order valence-electron chi connectivity index (χ1n) is 13.1. The van der Waals surface area contributed by atoms with Crippen LogP contribution in [0.25, 0.3) is 27.6 Å². The number of nitrogens with one attached hydrogen (secondary N) is 1. The minimum absolute atomic E-state index is 0.207. The molecule has 0 aromatic heterocycles. The fourth-order valence-electron chi connectivity index (χ4n) is 6.08. The van der Waals surface area contributed by atoms with Gasteiger partial charge in [-0.05, 0) is 82.3 Å². The molecular weight excluding hydrogens is 418 g/mol. The number of hydrogen-bond acceptors (Lipinski definition) is 2. The first kappa shape index (κ1) is 25.0. The second kappa shape index (κ2) is 8.86. The van der Waals surface area contributed by atoms with E-state index in [2.05, 4.69) is 93.5 Å². The number of quaternary nitrogens is 1. The van der Waals surface area contributed by atoms with Crippen LogP contribution >= 0.6 is 0 Å². The lowest BCUT2D eigenvalue weighted by Crippen LogP contribution is -3.08. The van der Waals surface area contributed by atoms with Gasteiger partial charge in [-0.3, -0.25) is 0 Å². The second-order valence-corrected chi connectivity index (χ2v) is 11.9. The van der Waals surface area contributed by atoms with Crippen LogP contribution in [0.15, 0.2) is 18.2 Å². The van der Waals surface area contributed by atoms with Crippen LogP contribution < -0.4 is 10.4 Å². The average molecular weight is 462 g/mol. The van der Waals surface area contributed by atoms with Gasteiger partial charge in [-0.15, -0.1) is 0 Å². The van der Waals surface area contributed by atoms with Gasteiger partial charge < -0.3 is 0 Å². The highest BCUT2D eigenvalue weighted by Gasteiger charge is 2.47. The van der Waals surface area contributed by atoms with Crippen molar-refractivity contribution in [3.63, 3.8) is 0 Å². The van der Waals surface area contributed by atoms with E-state index < -0.39 is 11.3 Å². The second-order valence-electron chi connectivity index (χ2n) is 11.9. The molecule has 0 spiro atoms. The Morgan fingerprint density at radius 3 is 1.53 bits per heavy atom. The molecule has 3 N–H and O–H groups in total. The normalized spacial score (nSPS) is 16.5. The van der Waals surface area contributed by atoms with Gasteiger partial charge in [-0.2, -0.15) is 10.4 Å². The molecule has 0 fully saturated rings. The predicted molar refractivity (Wildman–Crippen MR) is 143 cm³/mol. The lowest BCUT2D eigenvalue weighted by molar-refractivity contribution is -1.26. The summed E-state index contributed by atoms with van der Waals surface area (Å²) in [6, 6.07) is 6.76. The summed E-state index contributed by atoms with van der Waals surface area (Å²) in [5.74, 6) is 2.74. The van der Waals surface area contributed by atoms with Gasteiger partial charge in [0.25, 0.3) is 6.04 Å². The van der Waals surface area contributed by atoms with Crippen LogP contribution in [-0.4, -0.2) is 10.4 Å². The van der Waals surface area contributed by atoms with Gasteiger partial charge in [-0.25, -0.2) is 0 Å². The highest BCUT2D eigenvalue weighted by molar-refractivity contribution is 6.16. The molecule has 1 aliphatic rings. The van der Waals surface area contributed by atoms with Crippen molar-refractivity contribution in [2.75, 3.05) is 0 Å². The summed E-state index contributed by atoms with van der Waals surface area (Å²) < 4.78 is 0. The van der Waals surface area contributed by atoms with Crippen LogP contribution in [-0.2, 0) is 0 Å². The summed E-state index contributed by atoms with van der Waals surface area (Å²) >= 11 is 0. The number of rotatable bonds is 6. The largest absolute Gasteiger partial charge is 0.260 e. The monoisotopic (exact) mass is 461 g/mol. The van der Waals surface area contributed by atoms with E-state index in [4.69, 9.17) is 0 Å². The van der Waals surface area contributed by atoms with E-state index in [0.717, 1.165) is 11.5 Å². The molecule has 0 bridgehead atoms. The number of hydrogen-bond donors (Lipinski definition) is 3. The van der Waals surface area contributed by atoms with Gasteiger partial charge >= 0.3 is 0 Å². The molecule has 34 heavy (non-hydrogen) atoms. The van der Waals surface area contributed by atoms with Gasteiger partial charge in [0.05, 0.1) is 10.9 Å². The first-order chi connectivity index (χ1) is 15.9. The summed E-state index contributed by atoms with van der Waals surface area (Å²) in [4.78, 5) is 0. The van der Waals surface area contributed by atoms with Crippen LogP contribution in [0, 0.1) is 11.8 Å². The summed E-state index contributed by atoms with van der Waals surface area (Å²) in [7, 11) is 0. The molecule has 1 aliphatic carbocycles. The van der Waals surface area contributed by atoms with Crippen molar-refractivity contribution in [3.8, 4) is 0 Å². The molecule has 0 amide bonds. The standard InChI is InChI=1S/C31H42NO2/c1-15(2)20-11-21(16(3)4)26-13-23(18(7)8)30-29-27(14-24(19(9)10)31(30)32(33)34)22(17(5)6)12-25(20)28(26)29/h11-19,31,33-34H,1-10H3/q+1/p+1. The van der Waals surface area contributed by atoms with Crippen molar-refractivity contribution in [3.05, 3.63) is 57.2 Å². The molecule has 4 rings (SSSR count). The topological polar surface area (TPSA) is 44.9 Å². The van der Waals surface area contributed by atoms with Gasteiger partial charge in [0.1, 0.15) is 17.2 Å². The Morgan fingerprint density at radius 2 is 1.12 bits per heavy atom. The summed E-state index contributed by atoms with van der Waals surface area (Å²) in [6.07, 6.45) is 2.28. The Balaban J connectivity index is 2.40. The highest BCUT2D eigenvalue weighted by Crippen LogP contribution is 2.46. The van der Waals surface area contributed by atoms with Crippen molar-refractivity contribution in [1.82, 2.24) is 0 Å². The maximum Gasteiger partial charge on any atom is 0.260 e. The molecule has 1 atom stereocenters. The van der Waals surface area contributed by atoms with Gasteiger partial charge in [-0.1, -0.05) is 61.5 Å². The molecule has 0 saturated heterocycles. The highest BCUT2D eigenvalue weighted by atomic mass is 16.8. The van der Waals surface area contributed by atoms with Crippen LogP contribution in [0.4, 0.5) is 0 Å². The summed E-state index contributed by atoms with van der Waals surface area (Å²) in [6.45, 7) is 22.4. The zero-order valence-corrected chi connectivity index (χ0v) is 22.7. The average Bonchev–Trinajstić information content (AvgIpc) is 2.74. The zero-order valence-electron chi connectivity index (χ0n) is 22.7. The minimum atomic E-state index is -0.484. The van der Waals surface area contributed by atoms with Crippen molar-refractivity contribution in [1.29, 1.82) is 0 Å². The molecule has 3 nitrogen and oxygen atoms in total. The Morgan fingerprint density at radius 1 is 0.647 bits per heavy atom. The van der Waals surface area contributed by atoms with E-state index in [1.165, 1.54) is 49.0 Å². The molecule has 0 saturated carbocycles. The molecule has 3 aromatic rings. The fraction of sp³-hybridized carbons (Fsp3) is 0.516. The Bertz CT molecular complexity index is 1250. The van der Waals surface area contributed by atoms with E-state index in [1.54, 1.807) is 0 Å². The number of hydroxylamine groups is 2. The van der Waals surface area contributed by atoms with E-state index >= 15 is 0 Å². The van der Waals surface area contributed by atoms with Crippen LogP contribution in [0.1, 0.15) is 127 Å². The maximum absolute atomic E-state index is 10.7. The predicted octanol–water partition coefficient (Wildman–Crippen LogP) is 6.93. The molecule has 1 unspecified atom stereocenters. The van der Waals surface area contributed by atoms with Gasteiger partial charge in [0.2, 0.25) is 0 Å². The van der Waals surface area contributed by atoms with E-state index in [9.17, 15) is 10.4 Å². The van der Waals surface area contributed by atoms with Gasteiger partial charge in [0.15, 0.2) is 0 Å². The molecule has 3 heteroatoms. The minimum Gasteiger partial charge on any atom is -0.182 e. The lowest BCUT2D eigenvalue weighted by Gasteiger charge is -2.30. The van der Waals surface area contributed by atoms with Crippen molar-refractivity contribution >= 4 is 27.6 Å². The molecular formula is C31H43NO2+2. The van der Waals surface area contributed by atoms with Crippen molar-refractivity contribution in [2.24, 2.45) is 5.92 Å². The van der Waals surface area contributed by atoms with Crippen molar-refractivity contribution < 1.29 is 15.6 Å². The van der Waals surface area contributed by atoms with E-state index in [-0.39, 0.29) is 11.8 Å². The van der Waals surface area contributed by atoms with Crippen LogP contribution in [0.3, 0.4) is 0 Å². The lowest BCUT2D eigenvalue weighted by atomic mass is 9.71. The molecule has 182 valence electrons. The van der Waals surface area contributed by atoms with Crippen LogP contribution in [0.5, 0.6) is 0 Å². The summed E-state index contributed by atoms with van der Waals surface area (Å²) in [5.41, 5.74) is 6.46. The van der Waals surface area contributed by atoms with Gasteiger partial charge in [0, 0.05) is 16.9 Å². The Labute approximate surface area is 205 Å². The third-order valence-corrected chi connectivity index (χ3v) is 7.83. The molecule has 0 aliphatic heterocycles. The number of benzene rings is 3. The molecule has 3 aromatic carbocycles. The maximum atomic E-state index is 10.7. The first-order valence-corrected chi connectivity index (χ1v) is 13.1. The fourth-order valence-corrected chi connectivity index (χ4v) is 6.08. The smallest absolute Gasteiger partial charge is 0.182 e. The quantitative estimate of drug-likeness (QED) is 0.275. The third kappa shape index (κ3) is 3.73. The van der Waals surface area contributed by atoms with E-state index in [0.29, 0.717) is 17.8 Å². The summed E-state index contributed by atoms with van der Waals surface area (Å²) in [5, 5.41) is 27.3.